The third-order valence-electron chi connectivity index (χ3n) is 4.91. The molecule has 8 nitrogen and oxygen atoms in total. The minimum Gasteiger partial charge on any atom is -0.322 e. The van der Waals surface area contributed by atoms with Gasteiger partial charge in [-0.15, -0.1) is 16.4 Å². The van der Waals surface area contributed by atoms with Gasteiger partial charge in [-0.25, -0.2) is 4.68 Å². The van der Waals surface area contributed by atoms with Crippen LogP contribution in [0.4, 0.5) is 11.4 Å². The number of carbonyl (C=O) groups excluding carboxylic acids is 2. The fourth-order valence-electron chi connectivity index (χ4n) is 3.19. The Morgan fingerprint density at radius 2 is 1.74 bits per heavy atom. The molecule has 0 spiro atoms. The summed E-state index contributed by atoms with van der Waals surface area (Å²) in [6.45, 7) is 0. The number of benzene rings is 2. The predicted octanol–water partition coefficient (Wildman–Crippen LogP) is 4.24. The van der Waals surface area contributed by atoms with Crippen LogP contribution in [-0.4, -0.2) is 32.0 Å². The summed E-state index contributed by atoms with van der Waals surface area (Å²) in [6, 6.07) is 18.2. The molecule has 1 saturated carbocycles. The summed E-state index contributed by atoms with van der Waals surface area (Å²) in [6.07, 6.45) is 2.19. The Hall–Kier alpha value is -3.85. The molecule has 9 heteroatoms. The van der Waals surface area contributed by atoms with E-state index in [2.05, 4.69) is 26.2 Å². The van der Waals surface area contributed by atoms with E-state index >= 15 is 0 Å². The molecule has 1 aliphatic rings. The van der Waals surface area contributed by atoms with Crippen LogP contribution in [0.1, 0.15) is 38.9 Å². The van der Waals surface area contributed by atoms with Gasteiger partial charge >= 0.3 is 0 Å². The molecule has 2 N–H and O–H groups in total. The second-order valence-electron chi connectivity index (χ2n) is 7.22. The normalized spacial score (nSPS) is 13.0. The van der Waals surface area contributed by atoms with Crippen LogP contribution in [0.2, 0.25) is 0 Å². The second-order valence-corrected chi connectivity index (χ2v) is 8.17. The molecule has 2 aromatic heterocycles. The van der Waals surface area contributed by atoms with E-state index in [1.807, 2.05) is 40.4 Å². The Morgan fingerprint density at radius 1 is 0.935 bits per heavy atom. The van der Waals surface area contributed by atoms with Crippen molar-refractivity contribution < 1.29 is 9.59 Å². The summed E-state index contributed by atoms with van der Waals surface area (Å²) in [5, 5.41) is 19.5. The summed E-state index contributed by atoms with van der Waals surface area (Å²) in [4.78, 5) is 25.5. The Balaban J connectivity index is 1.27. The highest BCUT2D eigenvalue weighted by atomic mass is 32.1. The summed E-state index contributed by atoms with van der Waals surface area (Å²) >= 11 is 1.36. The molecule has 0 saturated heterocycles. The van der Waals surface area contributed by atoms with E-state index in [1.165, 1.54) is 11.3 Å². The maximum absolute atomic E-state index is 12.7. The number of carbonyl (C=O) groups is 2. The Morgan fingerprint density at radius 3 is 2.48 bits per heavy atom. The van der Waals surface area contributed by atoms with Crippen molar-refractivity contribution in [2.75, 3.05) is 10.6 Å². The van der Waals surface area contributed by atoms with Crippen molar-refractivity contribution in [2.45, 2.75) is 18.9 Å². The molecule has 1 aliphatic carbocycles. The second kappa shape index (κ2) is 8.11. The van der Waals surface area contributed by atoms with E-state index in [1.54, 1.807) is 30.3 Å². The van der Waals surface area contributed by atoms with E-state index in [4.69, 9.17) is 0 Å². The van der Waals surface area contributed by atoms with Gasteiger partial charge in [0.1, 0.15) is 0 Å². The first kappa shape index (κ1) is 19.1. The van der Waals surface area contributed by atoms with Crippen molar-refractivity contribution in [3.63, 3.8) is 0 Å². The third-order valence-corrected chi connectivity index (χ3v) is 5.78. The number of hydrogen-bond acceptors (Lipinski definition) is 6. The third kappa shape index (κ3) is 4.22. The van der Waals surface area contributed by atoms with E-state index in [-0.39, 0.29) is 11.8 Å². The zero-order valence-electron chi connectivity index (χ0n) is 16.4. The minimum absolute atomic E-state index is 0.198. The standard InChI is InChI=1S/C22H18N6O2S/c29-21(15-3-1-4-17(13-15)24-22(30)19-5-2-12-31-19)23-16-8-6-14(7-9-16)20-25-26-27-28(20)18-10-11-18/h1-9,12-13,18H,10-11H2,(H,23,29)(H,24,30). The first-order valence-corrected chi connectivity index (χ1v) is 10.7. The fourth-order valence-corrected chi connectivity index (χ4v) is 3.81. The lowest BCUT2D eigenvalue weighted by Gasteiger charge is -2.09. The average Bonchev–Trinajstić information content (AvgIpc) is 3.27. The van der Waals surface area contributed by atoms with Gasteiger partial charge in [0.05, 0.1) is 10.9 Å². The van der Waals surface area contributed by atoms with Gasteiger partial charge in [0.15, 0.2) is 5.82 Å². The molecular formula is C22H18N6O2S. The molecule has 154 valence electrons. The van der Waals surface area contributed by atoms with Crippen LogP contribution in [0, 0.1) is 0 Å². The monoisotopic (exact) mass is 430 g/mol. The van der Waals surface area contributed by atoms with Gasteiger partial charge in [-0.3, -0.25) is 9.59 Å². The van der Waals surface area contributed by atoms with Crippen molar-refractivity contribution in [3.05, 3.63) is 76.5 Å². The Bertz CT molecular complexity index is 1230. The minimum atomic E-state index is -0.261. The quantitative estimate of drug-likeness (QED) is 0.476. The van der Waals surface area contributed by atoms with E-state index in [0.717, 1.165) is 24.2 Å². The largest absolute Gasteiger partial charge is 0.322 e. The van der Waals surface area contributed by atoms with Crippen LogP contribution in [0.5, 0.6) is 0 Å². The number of hydrogen-bond donors (Lipinski definition) is 2. The highest BCUT2D eigenvalue weighted by molar-refractivity contribution is 7.12. The maximum Gasteiger partial charge on any atom is 0.265 e. The predicted molar refractivity (Wildman–Crippen MR) is 118 cm³/mol. The Labute approximate surface area is 181 Å². The molecule has 0 aliphatic heterocycles. The summed E-state index contributed by atoms with van der Waals surface area (Å²) < 4.78 is 1.85. The molecule has 2 aromatic carbocycles. The molecule has 2 heterocycles. The SMILES string of the molecule is O=C(Nc1ccc(-c2nnnn2C2CC2)cc1)c1cccc(NC(=O)c2cccs2)c1. The van der Waals surface area contributed by atoms with Crippen molar-refractivity contribution in [1.82, 2.24) is 20.2 Å². The zero-order valence-corrected chi connectivity index (χ0v) is 17.2. The topological polar surface area (TPSA) is 102 Å². The van der Waals surface area contributed by atoms with Gasteiger partial charge in [-0.05, 0) is 77.2 Å². The van der Waals surface area contributed by atoms with Crippen molar-refractivity contribution in [1.29, 1.82) is 0 Å². The van der Waals surface area contributed by atoms with Gasteiger partial charge in [0.25, 0.3) is 11.8 Å². The van der Waals surface area contributed by atoms with Gasteiger partial charge in [-0.2, -0.15) is 0 Å². The molecule has 4 aromatic rings. The van der Waals surface area contributed by atoms with Gasteiger partial charge in [0, 0.05) is 22.5 Å². The molecule has 0 unspecified atom stereocenters. The number of nitrogens with zero attached hydrogens (tertiary/aromatic N) is 4. The number of aromatic nitrogens is 4. The smallest absolute Gasteiger partial charge is 0.265 e. The summed E-state index contributed by atoms with van der Waals surface area (Å²) in [7, 11) is 0. The van der Waals surface area contributed by atoms with Crippen LogP contribution >= 0.6 is 11.3 Å². The summed E-state index contributed by atoms with van der Waals surface area (Å²) in [5.41, 5.74) is 2.57. The number of rotatable bonds is 6. The van der Waals surface area contributed by atoms with E-state index < -0.39 is 0 Å². The molecule has 0 bridgehead atoms. The molecule has 2 amide bonds. The summed E-state index contributed by atoms with van der Waals surface area (Å²) in [5.74, 6) is 0.272. The number of tetrazole rings is 1. The van der Waals surface area contributed by atoms with E-state index in [9.17, 15) is 9.59 Å². The van der Waals surface area contributed by atoms with Crippen LogP contribution in [0.3, 0.4) is 0 Å². The number of amides is 2. The fraction of sp³-hybridized carbons (Fsp3) is 0.136. The van der Waals surface area contributed by atoms with Crippen LogP contribution in [-0.2, 0) is 0 Å². The van der Waals surface area contributed by atoms with E-state index in [0.29, 0.717) is 27.9 Å². The van der Waals surface area contributed by atoms with Gasteiger partial charge < -0.3 is 10.6 Å². The van der Waals surface area contributed by atoms with Crippen LogP contribution < -0.4 is 10.6 Å². The number of anilines is 2. The lowest BCUT2D eigenvalue weighted by Crippen LogP contribution is -2.14. The lowest BCUT2D eigenvalue weighted by molar-refractivity contribution is 0.101. The van der Waals surface area contributed by atoms with Crippen LogP contribution in [0.15, 0.2) is 66.0 Å². The highest BCUT2D eigenvalue weighted by Crippen LogP contribution is 2.36. The van der Waals surface area contributed by atoms with Crippen molar-refractivity contribution in [2.24, 2.45) is 0 Å². The lowest BCUT2D eigenvalue weighted by atomic mass is 10.1. The Kier molecular flexibility index (Phi) is 5.01. The maximum atomic E-state index is 12.7. The van der Waals surface area contributed by atoms with Gasteiger partial charge in [-0.1, -0.05) is 12.1 Å². The zero-order chi connectivity index (χ0) is 21.2. The average molecular weight is 430 g/mol. The van der Waals surface area contributed by atoms with Gasteiger partial charge in [0.2, 0.25) is 0 Å². The molecule has 5 rings (SSSR count). The number of nitrogens with one attached hydrogen (secondary N) is 2. The highest BCUT2D eigenvalue weighted by Gasteiger charge is 2.28. The molecule has 0 atom stereocenters. The van der Waals surface area contributed by atoms with Crippen molar-refractivity contribution >= 4 is 34.5 Å². The first-order valence-electron chi connectivity index (χ1n) is 9.82. The van der Waals surface area contributed by atoms with Crippen LogP contribution in [0.25, 0.3) is 11.4 Å². The molecular weight excluding hydrogens is 412 g/mol. The number of thiophene rings is 1. The molecule has 0 radical (unpaired) electrons. The molecule has 31 heavy (non-hydrogen) atoms. The molecule has 1 fully saturated rings. The first-order chi connectivity index (χ1) is 15.2. The van der Waals surface area contributed by atoms with Crippen molar-refractivity contribution in [3.8, 4) is 11.4 Å².